The molecule has 8 nitrogen and oxygen atoms in total. The molecule has 37 heavy (non-hydrogen) atoms. The number of urea groups is 1. The second-order valence-corrected chi connectivity index (χ2v) is 9.24. The second-order valence-electron chi connectivity index (χ2n) is 7.97. The summed E-state index contributed by atoms with van der Waals surface area (Å²) in [6.45, 7) is 1.92. The molecule has 1 fully saturated rings. The van der Waals surface area contributed by atoms with Crippen molar-refractivity contribution in [2.75, 3.05) is 12.0 Å². The van der Waals surface area contributed by atoms with E-state index < -0.39 is 17.8 Å². The Morgan fingerprint density at radius 1 is 1.11 bits per heavy atom. The minimum absolute atomic E-state index is 0.129. The van der Waals surface area contributed by atoms with Gasteiger partial charge >= 0.3 is 6.03 Å². The van der Waals surface area contributed by atoms with E-state index in [1.807, 2.05) is 6.07 Å². The Morgan fingerprint density at radius 2 is 1.86 bits per heavy atom. The molecule has 4 rings (SSSR count). The smallest absolute Gasteiger partial charge is 0.335 e. The quantitative estimate of drug-likeness (QED) is 0.303. The molecule has 0 spiro atoms. The number of methoxy groups -OCH3 is 1. The number of nitrogens with one attached hydrogen (secondary N) is 1. The third-order valence-corrected chi connectivity index (χ3v) is 6.71. The number of carbonyl (C=O) groups is 3. The minimum Gasteiger partial charge on any atom is -0.493 e. The number of aryl methyl sites for hydroxylation is 1. The van der Waals surface area contributed by atoms with Crippen molar-refractivity contribution in [2.45, 2.75) is 13.5 Å². The van der Waals surface area contributed by atoms with Crippen molar-refractivity contribution in [1.29, 1.82) is 5.26 Å². The van der Waals surface area contributed by atoms with Crippen molar-refractivity contribution < 1.29 is 23.9 Å². The molecule has 186 valence electrons. The summed E-state index contributed by atoms with van der Waals surface area (Å²) in [7, 11) is 1.45. The van der Waals surface area contributed by atoms with E-state index in [0.717, 1.165) is 10.5 Å². The van der Waals surface area contributed by atoms with Crippen molar-refractivity contribution in [2.24, 2.45) is 0 Å². The topological polar surface area (TPSA) is 109 Å². The zero-order chi connectivity index (χ0) is 26.7. The third-order valence-electron chi connectivity index (χ3n) is 5.62. The molecule has 10 heteroatoms. The van der Waals surface area contributed by atoms with Crippen LogP contribution in [0, 0.1) is 18.3 Å². The molecule has 0 bridgehead atoms. The summed E-state index contributed by atoms with van der Waals surface area (Å²) >= 11 is 9.62. The number of anilines is 1. The maximum atomic E-state index is 13.2. The Labute approximate surface area is 226 Å². The fourth-order valence-electron chi connectivity index (χ4n) is 3.61. The largest absolute Gasteiger partial charge is 0.493 e. The summed E-state index contributed by atoms with van der Waals surface area (Å²) in [4.78, 5) is 39.2. The lowest BCUT2D eigenvalue weighted by Crippen LogP contribution is -2.54. The molecule has 0 aromatic heterocycles. The van der Waals surface area contributed by atoms with Gasteiger partial charge in [-0.1, -0.05) is 51.8 Å². The number of ether oxygens (including phenoxy) is 2. The molecule has 1 heterocycles. The first-order valence-corrected chi connectivity index (χ1v) is 12.1. The predicted molar refractivity (Wildman–Crippen MR) is 141 cm³/mol. The summed E-state index contributed by atoms with van der Waals surface area (Å²) in [5.74, 6) is -0.905. The number of barbiturate groups is 1. The van der Waals surface area contributed by atoms with Crippen molar-refractivity contribution in [1.82, 2.24) is 5.32 Å². The van der Waals surface area contributed by atoms with Crippen molar-refractivity contribution in [3.8, 4) is 17.6 Å². The highest BCUT2D eigenvalue weighted by molar-refractivity contribution is 9.10. The SMILES string of the molecule is COc1cc(/C=C2/C(=O)NC(=O)N(c3ccc(C)c(Cl)c3)C2=O)c(Br)cc1OCc1ccccc1C#N. The lowest BCUT2D eigenvalue weighted by molar-refractivity contribution is -0.122. The van der Waals surface area contributed by atoms with Crippen LogP contribution in [0.5, 0.6) is 11.5 Å². The molecular weight excluding hydrogens is 562 g/mol. The summed E-state index contributed by atoms with van der Waals surface area (Å²) < 4.78 is 11.9. The Balaban J connectivity index is 1.66. The van der Waals surface area contributed by atoms with Gasteiger partial charge in [-0.2, -0.15) is 5.26 Å². The number of carbonyl (C=O) groups excluding carboxylic acids is 3. The molecule has 1 aliphatic rings. The Hall–Kier alpha value is -4.13. The third kappa shape index (κ3) is 5.35. The predicted octanol–water partition coefficient (Wildman–Crippen LogP) is 5.54. The van der Waals surface area contributed by atoms with Crippen molar-refractivity contribution >= 4 is 57.1 Å². The van der Waals surface area contributed by atoms with Crippen LogP contribution in [0.1, 0.15) is 22.3 Å². The zero-order valence-corrected chi connectivity index (χ0v) is 22.0. The van der Waals surface area contributed by atoms with E-state index in [4.69, 9.17) is 21.1 Å². The highest BCUT2D eigenvalue weighted by atomic mass is 79.9. The number of halogens is 2. The second kappa shape index (κ2) is 10.9. The van der Waals surface area contributed by atoms with Crippen LogP contribution < -0.4 is 19.7 Å². The van der Waals surface area contributed by atoms with E-state index in [1.54, 1.807) is 49.4 Å². The molecule has 0 aliphatic carbocycles. The van der Waals surface area contributed by atoms with Crippen LogP contribution in [0.15, 0.2) is 64.6 Å². The van der Waals surface area contributed by atoms with Gasteiger partial charge in [0.05, 0.1) is 24.4 Å². The standard InChI is InChI=1S/C27H19BrClN3O5/c1-15-7-8-19(11-22(15)29)32-26(34)20(25(33)31-27(32)35)9-18-10-23(36-2)24(12-21(18)28)37-14-17-6-4-3-5-16(17)13-30/h3-12H,14H2,1-2H3,(H,31,33,35)/b20-9-. The molecule has 4 amide bonds. The van der Waals surface area contributed by atoms with Crippen LogP contribution in [-0.4, -0.2) is 25.0 Å². The average molecular weight is 581 g/mol. The van der Waals surface area contributed by atoms with Gasteiger partial charge in [0.25, 0.3) is 11.8 Å². The molecule has 0 unspecified atom stereocenters. The average Bonchev–Trinajstić information content (AvgIpc) is 2.88. The molecule has 0 atom stereocenters. The van der Waals surface area contributed by atoms with Crippen molar-refractivity contribution in [3.05, 3.63) is 91.9 Å². The molecule has 0 saturated carbocycles. The zero-order valence-electron chi connectivity index (χ0n) is 19.7. The van der Waals surface area contributed by atoms with E-state index in [9.17, 15) is 19.6 Å². The summed E-state index contributed by atoms with van der Waals surface area (Å²) in [5.41, 5.74) is 2.40. The van der Waals surface area contributed by atoms with E-state index in [2.05, 4.69) is 27.3 Å². The van der Waals surface area contributed by atoms with Crippen LogP contribution in [0.4, 0.5) is 10.5 Å². The first kappa shape index (κ1) is 25.9. The normalized spacial score (nSPS) is 14.4. The maximum absolute atomic E-state index is 13.2. The van der Waals surface area contributed by atoms with Crippen LogP contribution in [0.25, 0.3) is 6.08 Å². The summed E-state index contributed by atoms with van der Waals surface area (Å²) in [6, 6.07) is 16.3. The molecule has 0 radical (unpaired) electrons. The molecule has 1 N–H and O–H groups in total. The van der Waals surface area contributed by atoms with Gasteiger partial charge in [0, 0.05) is 15.1 Å². The first-order valence-electron chi connectivity index (χ1n) is 10.9. The highest BCUT2D eigenvalue weighted by Gasteiger charge is 2.37. The number of imide groups is 2. The highest BCUT2D eigenvalue weighted by Crippen LogP contribution is 2.36. The van der Waals surface area contributed by atoms with Crippen LogP contribution >= 0.6 is 27.5 Å². The van der Waals surface area contributed by atoms with Crippen LogP contribution in [0.2, 0.25) is 5.02 Å². The number of benzene rings is 3. The fourth-order valence-corrected chi connectivity index (χ4v) is 4.22. The van der Waals surface area contributed by atoms with Gasteiger partial charge < -0.3 is 9.47 Å². The Kier molecular flexibility index (Phi) is 7.62. The number of hydrogen-bond acceptors (Lipinski definition) is 6. The Bertz CT molecular complexity index is 1510. The summed E-state index contributed by atoms with van der Waals surface area (Å²) in [6.07, 6.45) is 1.36. The van der Waals surface area contributed by atoms with Crippen LogP contribution in [0.3, 0.4) is 0 Å². The van der Waals surface area contributed by atoms with Gasteiger partial charge in [-0.3, -0.25) is 14.9 Å². The molecule has 1 aliphatic heterocycles. The lowest BCUT2D eigenvalue weighted by atomic mass is 10.1. The monoisotopic (exact) mass is 579 g/mol. The molecular formula is C27H19BrClN3O5. The first-order chi connectivity index (χ1) is 17.7. The van der Waals surface area contributed by atoms with Gasteiger partial charge in [-0.25, -0.2) is 9.69 Å². The van der Waals surface area contributed by atoms with E-state index in [1.165, 1.54) is 19.3 Å². The molecule has 3 aromatic rings. The van der Waals surface area contributed by atoms with E-state index >= 15 is 0 Å². The van der Waals surface area contributed by atoms with Gasteiger partial charge in [0.2, 0.25) is 0 Å². The summed E-state index contributed by atoms with van der Waals surface area (Å²) in [5, 5.41) is 11.9. The van der Waals surface area contributed by atoms with Gasteiger partial charge in [-0.15, -0.1) is 0 Å². The number of rotatable bonds is 6. The van der Waals surface area contributed by atoms with E-state index in [0.29, 0.717) is 37.7 Å². The van der Waals surface area contributed by atoms with Gasteiger partial charge in [0.15, 0.2) is 11.5 Å². The minimum atomic E-state index is -0.870. The van der Waals surface area contributed by atoms with Gasteiger partial charge in [0.1, 0.15) is 12.2 Å². The number of nitrogens with zero attached hydrogens (tertiary/aromatic N) is 2. The maximum Gasteiger partial charge on any atom is 0.335 e. The van der Waals surface area contributed by atoms with Crippen molar-refractivity contribution in [3.63, 3.8) is 0 Å². The number of nitriles is 1. The molecule has 1 saturated heterocycles. The Morgan fingerprint density at radius 3 is 2.57 bits per heavy atom. The van der Waals surface area contributed by atoms with Gasteiger partial charge in [-0.05, 0) is 54.5 Å². The lowest BCUT2D eigenvalue weighted by Gasteiger charge is -2.26. The number of amides is 4. The number of hydrogen-bond donors (Lipinski definition) is 1. The van der Waals surface area contributed by atoms with E-state index in [-0.39, 0.29) is 17.9 Å². The van der Waals surface area contributed by atoms with Crippen LogP contribution in [-0.2, 0) is 16.2 Å². The molecule has 3 aromatic carbocycles. The fraction of sp³-hybridized carbons (Fsp3) is 0.111.